The van der Waals surface area contributed by atoms with E-state index in [1.54, 1.807) is 31.5 Å². The van der Waals surface area contributed by atoms with E-state index in [2.05, 4.69) is 22.2 Å². The summed E-state index contributed by atoms with van der Waals surface area (Å²) in [5.74, 6) is 0.710. The van der Waals surface area contributed by atoms with Crippen molar-refractivity contribution in [3.05, 3.63) is 54.2 Å². The Hall–Kier alpha value is -2.64. The first-order chi connectivity index (χ1) is 13.9. The van der Waals surface area contributed by atoms with Gasteiger partial charge in [0.25, 0.3) is 0 Å². The zero-order valence-corrected chi connectivity index (χ0v) is 17.7. The van der Waals surface area contributed by atoms with Gasteiger partial charge in [-0.3, -0.25) is 0 Å². The van der Waals surface area contributed by atoms with E-state index in [-0.39, 0.29) is 9.92 Å². The lowest BCUT2D eigenvalue weighted by Gasteiger charge is -2.17. The Balaban J connectivity index is 1.68. The van der Waals surface area contributed by atoms with Crippen molar-refractivity contribution < 1.29 is 13.2 Å². The topological polar surface area (TPSA) is 71.5 Å². The molecule has 1 aromatic heterocycles. The molecule has 4 rings (SSSR count). The van der Waals surface area contributed by atoms with E-state index in [1.165, 1.54) is 0 Å². The van der Waals surface area contributed by atoms with E-state index in [0.29, 0.717) is 11.8 Å². The summed E-state index contributed by atoms with van der Waals surface area (Å²) in [7, 11) is -0.0316. The smallest absolute Gasteiger partial charge is 0.223 e. The number of hydrogen-bond donors (Lipinski definition) is 1. The first kappa shape index (κ1) is 19.7. The fraction of sp³-hybridized carbons (Fsp3) is 0.318. The van der Waals surface area contributed by atoms with Gasteiger partial charge in [-0.25, -0.2) is 13.4 Å². The molecule has 0 spiro atoms. The summed E-state index contributed by atoms with van der Waals surface area (Å²) < 4.78 is 31.7. The zero-order chi connectivity index (χ0) is 20.6. The van der Waals surface area contributed by atoms with Gasteiger partial charge in [0, 0.05) is 29.9 Å². The van der Waals surface area contributed by atoms with Crippen LogP contribution in [0.15, 0.2) is 58.6 Å². The number of nitrogens with one attached hydrogen (secondary N) is 1. The lowest BCUT2D eigenvalue weighted by molar-refractivity contribution is 0.414. The van der Waals surface area contributed by atoms with Crippen LogP contribution in [-0.2, 0) is 9.84 Å². The zero-order valence-electron chi connectivity index (χ0n) is 16.8. The largest absolute Gasteiger partial charge is 0.497 e. The summed E-state index contributed by atoms with van der Waals surface area (Å²) in [5, 5.41) is 5.19. The van der Waals surface area contributed by atoms with Crippen LogP contribution < -0.4 is 10.1 Å². The number of likely N-dealkylation sites (tertiary alicyclic amines) is 1. The van der Waals surface area contributed by atoms with E-state index < -0.39 is 9.84 Å². The average Bonchev–Trinajstić information content (AvgIpc) is 3.13. The lowest BCUT2D eigenvalue weighted by atomic mass is 10.1. The minimum atomic E-state index is -3.72. The maximum atomic E-state index is 13.2. The molecule has 1 N–H and O–H groups in total. The fourth-order valence-corrected chi connectivity index (χ4v) is 4.93. The predicted octanol–water partition coefficient (Wildman–Crippen LogP) is 3.50. The Morgan fingerprint density at radius 2 is 1.97 bits per heavy atom. The second-order valence-corrected chi connectivity index (χ2v) is 9.50. The molecule has 152 valence electrons. The van der Waals surface area contributed by atoms with Crippen LogP contribution in [-0.4, -0.2) is 51.6 Å². The number of rotatable bonds is 5. The third kappa shape index (κ3) is 3.93. The monoisotopic (exact) mass is 411 g/mol. The van der Waals surface area contributed by atoms with Crippen LogP contribution in [0.3, 0.4) is 0 Å². The van der Waals surface area contributed by atoms with Gasteiger partial charge in [-0.2, -0.15) is 0 Å². The van der Waals surface area contributed by atoms with Gasteiger partial charge in [-0.15, -0.1) is 0 Å². The molecule has 1 unspecified atom stereocenters. The normalized spacial score (nSPS) is 17.6. The molecule has 3 aromatic rings. The first-order valence-electron chi connectivity index (χ1n) is 9.61. The van der Waals surface area contributed by atoms with E-state index in [4.69, 9.17) is 4.74 Å². The van der Waals surface area contributed by atoms with Crippen LogP contribution in [0.25, 0.3) is 10.8 Å². The summed E-state index contributed by atoms with van der Waals surface area (Å²) >= 11 is 0. The highest BCUT2D eigenvalue weighted by molar-refractivity contribution is 7.91. The minimum absolute atomic E-state index is 0.0468. The first-order valence-corrected chi connectivity index (χ1v) is 11.1. The maximum absolute atomic E-state index is 13.2. The number of fused-ring (bicyclic) bond motifs is 1. The molecule has 1 aliphatic heterocycles. The van der Waals surface area contributed by atoms with Gasteiger partial charge >= 0.3 is 0 Å². The van der Waals surface area contributed by atoms with Crippen LogP contribution in [0.5, 0.6) is 5.75 Å². The number of hydrogen-bond acceptors (Lipinski definition) is 6. The molecular formula is C22H25N3O3S. The van der Waals surface area contributed by atoms with E-state index in [0.717, 1.165) is 41.5 Å². The Labute approximate surface area is 171 Å². The van der Waals surface area contributed by atoms with Crippen molar-refractivity contribution in [2.24, 2.45) is 0 Å². The van der Waals surface area contributed by atoms with E-state index in [1.807, 2.05) is 31.2 Å². The highest BCUT2D eigenvalue weighted by Gasteiger charge is 2.23. The highest BCUT2D eigenvalue weighted by atomic mass is 32.2. The third-order valence-corrected chi connectivity index (χ3v) is 7.10. The van der Waals surface area contributed by atoms with Gasteiger partial charge in [-0.1, -0.05) is 12.1 Å². The average molecular weight is 412 g/mol. The molecule has 29 heavy (non-hydrogen) atoms. The van der Waals surface area contributed by atoms with Crippen molar-refractivity contribution in [2.75, 3.05) is 32.6 Å². The maximum Gasteiger partial charge on any atom is 0.223 e. The van der Waals surface area contributed by atoms with E-state index in [9.17, 15) is 8.42 Å². The molecule has 6 nitrogen and oxygen atoms in total. The summed E-state index contributed by atoms with van der Waals surface area (Å²) in [6.45, 7) is 3.98. The number of aromatic nitrogens is 1. The van der Waals surface area contributed by atoms with Crippen molar-refractivity contribution in [3.63, 3.8) is 0 Å². The summed E-state index contributed by atoms with van der Waals surface area (Å²) in [6, 6.07) is 12.7. The molecule has 1 fully saturated rings. The van der Waals surface area contributed by atoms with Crippen LogP contribution >= 0.6 is 0 Å². The molecule has 0 bridgehead atoms. The molecule has 1 atom stereocenters. The van der Waals surface area contributed by atoms with Crippen molar-refractivity contribution >= 4 is 26.3 Å². The van der Waals surface area contributed by atoms with Crippen molar-refractivity contribution in [1.29, 1.82) is 0 Å². The van der Waals surface area contributed by atoms with Crippen molar-refractivity contribution in [3.8, 4) is 5.75 Å². The van der Waals surface area contributed by atoms with E-state index >= 15 is 0 Å². The van der Waals surface area contributed by atoms with Crippen LogP contribution in [0.4, 0.5) is 5.69 Å². The van der Waals surface area contributed by atoms with Gasteiger partial charge in [0.05, 0.1) is 12.0 Å². The summed E-state index contributed by atoms with van der Waals surface area (Å²) in [4.78, 5) is 6.74. The molecule has 2 heterocycles. The molecule has 0 amide bonds. The molecular weight excluding hydrogens is 386 g/mol. The number of likely N-dealkylation sites (N-methyl/N-ethyl adjacent to an activating group) is 1. The van der Waals surface area contributed by atoms with Gasteiger partial charge in [0.1, 0.15) is 5.75 Å². The Morgan fingerprint density at radius 3 is 2.69 bits per heavy atom. The molecule has 1 saturated heterocycles. The van der Waals surface area contributed by atoms with Crippen LogP contribution in [0, 0.1) is 6.92 Å². The number of methoxy groups -OCH3 is 1. The molecule has 0 saturated carbocycles. The second kappa shape index (κ2) is 7.65. The number of pyridine rings is 1. The van der Waals surface area contributed by atoms with Crippen LogP contribution in [0.1, 0.15) is 12.0 Å². The quantitative estimate of drug-likeness (QED) is 0.693. The third-order valence-electron chi connectivity index (χ3n) is 5.45. The van der Waals surface area contributed by atoms with Gasteiger partial charge in [0.2, 0.25) is 9.84 Å². The van der Waals surface area contributed by atoms with Crippen molar-refractivity contribution in [1.82, 2.24) is 9.88 Å². The molecule has 7 heteroatoms. The number of sulfone groups is 1. The highest BCUT2D eigenvalue weighted by Crippen LogP contribution is 2.28. The Kier molecular flexibility index (Phi) is 5.19. The number of aryl methyl sites for hydroxylation is 1. The number of nitrogens with zero attached hydrogens (tertiary/aromatic N) is 2. The van der Waals surface area contributed by atoms with Gasteiger partial charge < -0.3 is 15.0 Å². The number of ether oxygens (including phenoxy) is 1. The summed E-state index contributed by atoms with van der Waals surface area (Å²) in [5.41, 5.74) is 1.88. The Bertz CT molecular complexity index is 1160. The standard InChI is InChI=1S/C22H25N3O3S/c1-15-4-7-20(12-21(15)24-18-8-9-25(2)14-18)29(26,27)22-11-16-5-6-19(28-3)10-17(16)13-23-22/h4-7,10-13,18,24H,8-9,14H2,1-3H3. The van der Waals surface area contributed by atoms with Gasteiger partial charge in [0.15, 0.2) is 5.03 Å². The SMILES string of the molecule is COc1ccc2cc(S(=O)(=O)c3ccc(C)c(NC4CCN(C)C4)c3)ncc2c1. The fourth-order valence-electron chi connectivity index (χ4n) is 3.69. The minimum Gasteiger partial charge on any atom is -0.497 e. The molecule has 1 aliphatic rings. The predicted molar refractivity (Wildman–Crippen MR) is 114 cm³/mol. The van der Waals surface area contributed by atoms with Crippen LogP contribution in [0.2, 0.25) is 0 Å². The summed E-state index contributed by atoms with van der Waals surface area (Å²) in [6.07, 6.45) is 2.62. The number of anilines is 1. The Morgan fingerprint density at radius 1 is 1.14 bits per heavy atom. The molecule has 0 aliphatic carbocycles. The molecule has 2 aromatic carbocycles. The number of benzene rings is 2. The lowest BCUT2D eigenvalue weighted by Crippen LogP contribution is -2.24. The van der Waals surface area contributed by atoms with Gasteiger partial charge in [-0.05, 0) is 68.2 Å². The van der Waals surface area contributed by atoms with Crippen molar-refractivity contribution in [2.45, 2.75) is 29.3 Å². The molecule has 0 radical (unpaired) electrons. The second-order valence-electron chi connectivity index (χ2n) is 7.61.